The molecule has 0 rings (SSSR count). The molecule has 0 fully saturated rings. The fourth-order valence-corrected chi connectivity index (χ4v) is 2.65. The van der Waals surface area contributed by atoms with E-state index in [1.807, 2.05) is 0 Å². The summed E-state index contributed by atoms with van der Waals surface area (Å²) in [5.74, 6) is 0. The predicted octanol–water partition coefficient (Wildman–Crippen LogP) is 7.00. The fraction of sp³-hybridized carbons (Fsp3) is 0.850. The Morgan fingerprint density at radius 2 is 0.905 bits per heavy atom. The fourth-order valence-electron chi connectivity index (χ4n) is 2.65. The van der Waals surface area contributed by atoms with Crippen LogP contribution in [0.5, 0.6) is 0 Å². The van der Waals surface area contributed by atoms with Crippen molar-refractivity contribution in [2.45, 2.75) is 110 Å². The third-order valence-corrected chi connectivity index (χ3v) is 4.08. The smallest absolute Gasteiger partial charge is 0.119 e. The van der Waals surface area contributed by atoms with Crippen LogP contribution in [-0.4, -0.2) is 6.29 Å². The summed E-state index contributed by atoms with van der Waals surface area (Å²) in [7, 11) is 0. The Morgan fingerprint density at radius 1 is 0.524 bits per heavy atom. The summed E-state index contributed by atoms with van der Waals surface area (Å²) in [4.78, 5) is 10.2. The van der Waals surface area contributed by atoms with Crippen LogP contribution in [0.2, 0.25) is 0 Å². The summed E-state index contributed by atoms with van der Waals surface area (Å²) >= 11 is 0. The minimum absolute atomic E-state index is 0.756. The molecule has 0 aliphatic carbocycles. The Balaban J connectivity index is 3.01. The van der Waals surface area contributed by atoms with Gasteiger partial charge in [0.1, 0.15) is 6.29 Å². The number of hydrogen-bond donors (Lipinski definition) is 0. The van der Waals surface area contributed by atoms with Gasteiger partial charge >= 0.3 is 0 Å². The van der Waals surface area contributed by atoms with E-state index in [4.69, 9.17) is 0 Å². The van der Waals surface area contributed by atoms with Crippen LogP contribution in [0.4, 0.5) is 0 Å². The molecule has 0 atom stereocenters. The van der Waals surface area contributed by atoms with Crippen molar-refractivity contribution in [1.29, 1.82) is 0 Å². The maximum Gasteiger partial charge on any atom is 0.119 e. The van der Waals surface area contributed by atoms with E-state index in [1.165, 1.54) is 89.9 Å². The van der Waals surface area contributed by atoms with E-state index in [2.05, 4.69) is 19.1 Å². The maximum absolute atomic E-state index is 10.2. The Hall–Kier alpha value is -0.590. The first-order valence-corrected chi connectivity index (χ1v) is 9.50. The SMILES string of the molecule is CCCCCC/C=C\CCCCCCCCCCCC=O. The maximum atomic E-state index is 10.2. The standard InChI is InChI=1S/C20H38O/c1-2-3-4-5-6-7-8-9-10-11-12-13-14-15-16-17-18-19-20-21/h7-8,20H,2-6,9-19H2,1H3/b8-7-. The normalized spacial score (nSPS) is 11.3. The Morgan fingerprint density at radius 3 is 1.33 bits per heavy atom. The first kappa shape index (κ1) is 20.4. The van der Waals surface area contributed by atoms with Gasteiger partial charge in [-0.05, 0) is 32.1 Å². The molecule has 0 N–H and O–H groups in total. The second-order valence-corrected chi connectivity index (χ2v) is 6.25. The highest BCUT2D eigenvalue weighted by atomic mass is 16.1. The van der Waals surface area contributed by atoms with Crippen LogP contribution in [0.3, 0.4) is 0 Å². The van der Waals surface area contributed by atoms with Gasteiger partial charge in [-0.1, -0.05) is 83.3 Å². The molecule has 124 valence electrons. The topological polar surface area (TPSA) is 17.1 Å². The molecule has 0 spiro atoms. The Kier molecular flexibility index (Phi) is 18.9. The van der Waals surface area contributed by atoms with Gasteiger partial charge < -0.3 is 4.79 Å². The van der Waals surface area contributed by atoms with Crippen LogP contribution < -0.4 is 0 Å². The van der Waals surface area contributed by atoms with Crippen molar-refractivity contribution in [2.24, 2.45) is 0 Å². The molecule has 0 aromatic heterocycles. The van der Waals surface area contributed by atoms with Crippen molar-refractivity contribution in [3.8, 4) is 0 Å². The van der Waals surface area contributed by atoms with Gasteiger partial charge in [-0.25, -0.2) is 0 Å². The number of aldehydes is 1. The van der Waals surface area contributed by atoms with Crippen LogP contribution >= 0.6 is 0 Å². The van der Waals surface area contributed by atoms with Crippen molar-refractivity contribution in [3.05, 3.63) is 12.2 Å². The molecule has 0 aromatic rings. The molecule has 0 saturated heterocycles. The highest BCUT2D eigenvalue weighted by molar-refractivity contribution is 5.48. The minimum atomic E-state index is 0.756. The molecule has 21 heavy (non-hydrogen) atoms. The molecule has 0 aliphatic rings. The average Bonchev–Trinajstić information content (AvgIpc) is 2.50. The summed E-state index contributed by atoms with van der Waals surface area (Å²) in [6, 6.07) is 0. The molecule has 0 heterocycles. The Labute approximate surface area is 133 Å². The summed E-state index contributed by atoms with van der Waals surface area (Å²) < 4.78 is 0. The first-order valence-electron chi connectivity index (χ1n) is 9.50. The molecular weight excluding hydrogens is 256 g/mol. The molecule has 0 radical (unpaired) electrons. The van der Waals surface area contributed by atoms with Gasteiger partial charge in [0.05, 0.1) is 0 Å². The number of carbonyl (C=O) groups excluding carboxylic acids is 1. The van der Waals surface area contributed by atoms with E-state index >= 15 is 0 Å². The summed E-state index contributed by atoms with van der Waals surface area (Å²) in [6.45, 7) is 2.27. The number of carbonyl (C=O) groups is 1. The van der Waals surface area contributed by atoms with Crippen molar-refractivity contribution in [3.63, 3.8) is 0 Å². The number of allylic oxidation sites excluding steroid dienone is 2. The van der Waals surface area contributed by atoms with E-state index in [1.54, 1.807) is 0 Å². The number of hydrogen-bond acceptors (Lipinski definition) is 1. The van der Waals surface area contributed by atoms with Gasteiger partial charge in [-0.2, -0.15) is 0 Å². The molecule has 0 aliphatic heterocycles. The van der Waals surface area contributed by atoms with Crippen molar-refractivity contribution < 1.29 is 4.79 Å². The van der Waals surface area contributed by atoms with Crippen molar-refractivity contribution in [1.82, 2.24) is 0 Å². The van der Waals surface area contributed by atoms with E-state index in [-0.39, 0.29) is 0 Å². The Bertz CT molecular complexity index is 220. The monoisotopic (exact) mass is 294 g/mol. The lowest BCUT2D eigenvalue weighted by Crippen LogP contribution is -1.82. The zero-order valence-corrected chi connectivity index (χ0v) is 14.5. The van der Waals surface area contributed by atoms with Crippen LogP contribution in [0.25, 0.3) is 0 Å². The zero-order chi connectivity index (χ0) is 15.4. The lowest BCUT2D eigenvalue weighted by molar-refractivity contribution is -0.107. The highest BCUT2D eigenvalue weighted by Crippen LogP contribution is 2.11. The van der Waals surface area contributed by atoms with Crippen LogP contribution in [0.15, 0.2) is 12.2 Å². The van der Waals surface area contributed by atoms with E-state index in [9.17, 15) is 4.79 Å². The second kappa shape index (κ2) is 19.4. The lowest BCUT2D eigenvalue weighted by Gasteiger charge is -2.01. The molecule has 0 aromatic carbocycles. The third-order valence-electron chi connectivity index (χ3n) is 4.08. The summed E-state index contributed by atoms with van der Waals surface area (Å²) in [5, 5.41) is 0. The average molecular weight is 295 g/mol. The van der Waals surface area contributed by atoms with E-state index in [0.29, 0.717) is 0 Å². The lowest BCUT2D eigenvalue weighted by atomic mass is 10.1. The largest absolute Gasteiger partial charge is 0.303 e. The zero-order valence-electron chi connectivity index (χ0n) is 14.5. The van der Waals surface area contributed by atoms with Gasteiger partial charge in [-0.3, -0.25) is 0 Å². The summed E-state index contributed by atoms with van der Waals surface area (Å²) in [6.07, 6.45) is 26.6. The predicted molar refractivity (Wildman–Crippen MR) is 94.8 cm³/mol. The van der Waals surface area contributed by atoms with Crippen LogP contribution in [0, 0.1) is 0 Å². The molecule has 0 unspecified atom stereocenters. The van der Waals surface area contributed by atoms with Crippen molar-refractivity contribution >= 4 is 6.29 Å². The van der Waals surface area contributed by atoms with Gasteiger partial charge in [0.25, 0.3) is 0 Å². The quantitative estimate of drug-likeness (QED) is 0.160. The minimum Gasteiger partial charge on any atom is -0.303 e. The van der Waals surface area contributed by atoms with Crippen LogP contribution in [-0.2, 0) is 4.79 Å². The summed E-state index contributed by atoms with van der Waals surface area (Å²) in [5.41, 5.74) is 0. The number of unbranched alkanes of at least 4 members (excludes halogenated alkanes) is 14. The van der Waals surface area contributed by atoms with Crippen molar-refractivity contribution in [2.75, 3.05) is 0 Å². The van der Waals surface area contributed by atoms with Crippen LogP contribution in [0.1, 0.15) is 110 Å². The first-order chi connectivity index (χ1) is 10.4. The molecule has 0 bridgehead atoms. The van der Waals surface area contributed by atoms with E-state index < -0.39 is 0 Å². The van der Waals surface area contributed by atoms with Gasteiger partial charge in [0.15, 0.2) is 0 Å². The highest BCUT2D eigenvalue weighted by Gasteiger charge is 1.92. The van der Waals surface area contributed by atoms with E-state index in [0.717, 1.165) is 19.1 Å². The molecule has 0 saturated carbocycles. The van der Waals surface area contributed by atoms with Gasteiger partial charge in [0, 0.05) is 6.42 Å². The van der Waals surface area contributed by atoms with Gasteiger partial charge in [0.2, 0.25) is 0 Å². The third kappa shape index (κ3) is 19.4. The molecule has 0 amide bonds. The molecule has 1 nitrogen and oxygen atoms in total. The molecule has 1 heteroatoms. The number of rotatable bonds is 17. The van der Waals surface area contributed by atoms with Gasteiger partial charge in [-0.15, -0.1) is 0 Å². The second-order valence-electron chi connectivity index (χ2n) is 6.25. The molecular formula is C20H38O.